The lowest BCUT2D eigenvalue weighted by Gasteiger charge is -2.30. The summed E-state index contributed by atoms with van der Waals surface area (Å²) in [5.41, 5.74) is 2.18. The third kappa shape index (κ3) is 5.14. The summed E-state index contributed by atoms with van der Waals surface area (Å²) in [6.07, 6.45) is 5.14. The maximum atomic E-state index is 13.0. The monoisotopic (exact) mass is 457 g/mol. The van der Waals surface area contributed by atoms with Gasteiger partial charge < -0.3 is 15.0 Å². The molecule has 2 fully saturated rings. The molecule has 7 nitrogen and oxygen atoms in total. The zero-order chi connectivity index (χ0) is 22.6. The summed E-state index contributed by atoms with van der Waals surface area (Å²) in [7, 11) is -1.88. The van der Waals surface area contributed by atoms with Crippen LogP contribution in [0.15, 0.2) is 53.4 Å². The average molecular weight is 458 g/mol. The first kappa shape index (κ1) is 22.8. The minimum atomic E-state index is -3.54. The summed E-state index contributed by atoms with van der Waals surface area (Å²) >= 11 is 0. The van der Waals surface area contributed by atoms with Crippen molar-refractivity contribution < 1.29 is 17.9 Å². The normalized spacial score (nSPS) is 18.0. The third-order valence-electron chi connectivity index (χ3n) is 6.38. The van der Waals surface area contributed by atoms with Crippen molar-refractivity contribution in [2.75, 3.05) is 43.6 Å². The summed E-state index contributed by atoms with van der Waals surface area (Å²) in [5, 5.41) is 2.85. The Balaban J connectivity index is 1.39. The Morgan fingerprint density at radius 1 is 0.969 bits per heavy atom. The number of sulfonamides is 1. The largest absolute Gasteiger partial charge is 0.378 e. The standard InChI is InChI=1S/C24H31N3O4S/c1-26(21-5-3-2-4-6-21)32(29,30)23-13-9-20(10-14-23)25-24(28)19-7-11-22(12-8-19)27-15-17-31-18-16-27/h7-14,21H,2-6,15-18H2,1H3,(H,25,28). The molecule has 1 saturated carbocycles. The van der Waals surface area contributed by atoms with Gasteiger partial charge in [0.2, 0.25) is 10.0 Å². The molecule has 1 N–H and O–H groups in total. The molecule has 8 heteroatoms. The quantitative estimate of drug-likeness (QED) is 0.715. The van der Waals surface area contributed by atoms with Gasteiger partial charge in [-0.2, -0.15) is 4.31 Å². The lowest BCUT2D eigenvalue weighted by atomic mass is 9.96. The number of benzene rings is 2. The number of hydrogen-bond acceptors (Lipinski definition) is 5. The van der Waals surface area contributed by atoms with E-state index >= 15 is 0 Å². The number of ether oxygens (including phenoxy) is 1. The van der Waals surface area contributed by atoms with Crippen molar-refractivity contribution in [1.82, 2.24) is 4.31 Å². The van der Waals surface area contributed by atoms with Crippen molar-refractivity contribution in [3.63, 3.8) is 0 Å². The van der Waals surface area contributed by atoms with Crippen LogP contribution in [0, 0.1) is 0 Å². The maximum absolute atomic E-state index is 13.0. The molecule has 1 saturated heterocycles. The molecule has 0 atom stereocenters. The van der Waals surface area contributed by atoms with Crippen molar-refractivity contribution in [2.24, 2.45) is 0 Å². The van der Waals surface area contributed by atoms with Crippen LogP contribution in [0.4, 0.5) is 11.4 Å². The Kier molecular flexibility index (Phi) is 7.13. The van der Waals surface area contributed by atoms with Crippen LogP contribution in [0.3, 0.4) is 0 Å². The van der Waals surface area contributed by atoms with Crippen LogP contribution >= 0.6 is 0 Å². The molecule has 2 aromatic rings. The fraction of sp³-hybridized carbons (Fsp3) is 0.458. The number of hydrogen-bond donors (Lipinski definition) is 1. The Morgan fingerprint density at radius 3 is 2.22 bits per heavy atom. The summed E-state index contributed by atoms with van der Waals surface area (Å²) < 4.78 is 32.8. The number of amides is 1. The van der Waals surface area contributed by atoms with E-state index in [4.69, 9.17) is 4.74 Å². The van der Waals surface area contributed by atoms with Crippen LogP contribution in [-0.2, 0) is 14.8 Å². The van der Waals surface area contributed by atoms with E-state index in [0.717, 1.165) is 44.5 Å². The summed E-state index contributed by atoms with van der Waals surface area (Å²) in [5.74, 6) is -0.228. The summed E-state index contributed by atoms with van der Waals surface area (Å²) in [6, 6.07) is 14.0. The highest BCUT2D eigenvalue weighted by molar-refractivity contribution is 7.89. The number of nitrogens with one attached hydrogen (secondary N) is 1. The van der Waals surface area contributed by atoms with Crippen molar-refractivity contribution in [2.45, 2.75) is 43.0 Å². The second-order valence-electron chi connectivity index (χ2n) is 8.44. The number of anilines is 2. The molecule has 0 aromatic heterocycles. The summed E-state index contributed by atoms with van der Waals surface area (Å²) in [6.45, 7) is 3.11. The second kappa shape index (κ2) is 10.0. The first-order valence-corrected chi connectivity index (χ1v) is 12.7. The molecular weight excluding hydrogens is 426 g/mol. The van der Waals surface area contributed by atoms with E-state index < -0.39 is 10.0 Å². The van der Waals surface area contributed by atoms with Crippen LogP contribution in [0.2, 0.25) is 0 Å². The van der Waals surface area contributed by atoms with E-state index in [9.17, 15) is 13.2 Å². The average Bonchev–Trinajstić information content (AvgIpc) is 2.85. The van der Waals surface area contributed by atoms with Gasteiger partial charge in [0.05, 0.1) is 18.1 Å². The molecule has 2 aliphatic rings. The topological polar surface area (TPSA) is 79.0 Å². The first-order valence-electron chi connectivity index (χ1n) is 11.3. The predicted octanol–water partition coefficient (Wildman–Crippen LogP) is 3.73. The van der Waals surface area contributed by atoms with Crippen LogP contribution in [-0.4, -0.2) is 58.0 Å². The van der Waals surface area contributed by atoms with Gasteiger partial charge in [0.1, 0.15) is 0 Å². The molecular formula is C24H31N3O4S. The van der Waals surface area contributed by atoms with E-state index in [-0.39, 0.29) is 16.8 Å². The maximum Gasteiger partial charge on any atom is 0.255 e. The van der Waals surface area contributed by atoms with Crippen LogP contribution < -0.4 is 10.2 Å². The molecule has 2 aromatic carbocycles. The van der Waals surface area contributed by atoms with Gasteiger partial charge in [-0.05, 0) is 61.4 Å². The number of nitrogens with zero attached hydrogens (tertiary/aromatic N) is 2. The number of carbonyl (C=O) groups excluding carboxylic acids is 1. The molecule has 32 heavy (non-hydrogen) atoms. The Labute approximate surface area is 190 Å². The van der Waals surface area contributed by atoms with Gasteiger partial charge in [-0.25, -0.2) is 8.42 Å². The fourth-order valence-corrected chi connectivity index (χ4v) is 5.78. The Bertz CT molecular complexity index is 1010. The molecule has 172 valence electrons. The van der Waals surface area contributed by atoms with E-state index in [2.05, 4.69) is 10.2 Å². The van der Waals surface area contributed by atoms with Crippen molar-refractivity contribution in [3.05, 3.63) is 54.1 Å². The SMILES string of the molecule is CN(C1CCCCC1)S(=O)(=O)c1ccc(NC(=O)c2ccc(N3CCOCC3)cc2)cc1. The van der Waals surface area contributed by atoms with E-state index in [0.29, 0.717) is 24.5 Å². The zero-order valence-electron chi connectivity index (χ0n) is 18.5. The lowest BCUT2D eigenvalue weighted by molar-refractivity contribution is 0.102. The highest BCUT2D eigenvalue weighted by Crippen LogP contribution is 2.27. The third-order valence-corrected chi connectivity index (χ3v) is 8.31. The molecule has 4 rings (SSSR count). The van der Waals surface area contributed by atoms with Gasteiger partial charge >= 0.3 is 0 Å². The summed E-state index contributed by atoms with van der Waals surface area (Å²) in [4.78, 5) is 15.1. The van der Waals surface area contributed by atoms with Crippen LogP contribution in [0.25, 0.3) is 0 Å². The molecule has 0 unspecified atom stereocenters. The van der Waals surface area contributed by atoms with Crippen molar-refractivity contribution in [1.29, 1.82) is 0 Å². The number of rotatable bonds is 6. The number of carbonyl (C=O) groups is 1. The van der Waals surface area contributed by atoms with Crippen molar-refractivity contribution >= 4 is 27.3 Å². The fourth-order valence-electron chi connectivity index (χ4n) is 4.37. The second-order valence-corrected chi connectivity index (χ2v) is 10.4. The van der Waals surface area contributed by atoms with Crippen LogP contribution in [0.5, 0.6) is 0 Å². The molecule has 1 aliphatic carbocycles. The number of morpholine rings is 1. The minimum absolute atomic E-state index is 0.0635. The zero-order valence-corrected chi connectivity index (χ0v) is 19.3. The van der Waals surface area contributed by atoms with Gasteiger partial charge in [0.25, 0.3) is 5.91 Å². The van der Waals surface area contributed by atoms with Gasteiger partial charge in [0.15, 0.2) is 0 Å². The van der Waals surface area contributed by atoms with Crippen LogP contribution in [0.1, 0.15) is 42.5 Å². The molecule has 1 amide bonds. The van der Waals surface area contributed by atoms with Gasteiger partial charge in [-0.15, -0.1) is 0 Å². The molecule has 0 radical (unpaired) electrons. The Morgan fingerprint density at radius 2 is 1.59 bits per heavy atom. The van der Waals surface area contributed by atoms with E-state index in [1.165, 1.54) is 10.7 Å². The first-order chi connectivity index (χ1) is 15.4. The molecule has 1 aliphatic heterocycles. The molecule has 1 heterocycles. The highest BCUT2D eigenvalue weighted by Gasteiger charge is 2.29. The van der Waals surface area contributed by atoms with Gasteiger partial charge in [0, 0.05) is 43.1 Å². The predicted molar refractivity (Wildman–Crippen MR) is 126 cm³/mol. The minimum Gasteiger partial charge on any atom is -0.378 e. The Hall–Kier alpha value is -2.42. The van der Waals surface area contributed by atoms with E-state index in [1.54, 1.807) is 43.4 Å². The van der Waals surface area contributed by atoms with E-state index in [1.807, 2.05) is 12.1 Å². The van der Waals surface area contributed by atoms with Gasteiger partial charge in [-0.3, -0.25) is 4.79 Å². The smallest absolute Gasteiger partial charge is 0.255 e. The molecule has 0 spiro atoms. The lowest BCUT2D eigenvalue weighted by Crippen LogP contribution is -2.38. The molecule has 0 bridgehead atoms. The van der Waals surface area contributed by atoms with Gasteiger partial charge in [-0.1, -0.05) is 19.3 Å². The highest BCUT2D eigenvalue weighted by atomic mass is 32.2. The van der Waals surface area contributed by atoms with Crippen molar-refractivity contribution in [3.8, 4) is 0 Å².